The van der Waals surface area contributed by atoms with E-state index in [0.29, 0.717) is 0 Å². The summed E-state index contributed by atoms with van der Waals surface area (Å²) in [6, 6.07) is 0. The van der Waals surface area contributed by atoms with Gasteiger partial charge in [0.1, 0.15) is 16.5 Å². The van der Waals surface area contributed by atoms with Crippen LogP contribution in [0.2, 0.25) is 0 Å². The second-order valence-corrected chi connectivity index (χ2v) is 2.42. The SMILES string of the molecule is CO.O=[PH]([O-])O[PH](=O)[O-].[Zn+2]. The molecule has 2 atom stereocenters. The molecule has 0 bridgehead atoms. The molecule has 0 aliphatic carbocycles. The van der Waals surface area contributed by atoms with Crippen LogP contribution < -0.4 is 9.79 Å². The van der Waals surface area contributed by atoms with Gasteiger partial charge in [0.05, 0.1) is 0 Å². The van der Waals surface area contributed by atoms with Crippen molar-refractivity contribution in [2.45, 2.75) is 0 Å². The van der Waals surface area contributed by atoms with Crippen LogP contribution in [0, 0.1) is 0 Å². The normalized spacial score (nSPS) is 13.6. The maximum atomic E-state index is 9.29. The monoisotopic (exact) mass is 240 g/mol. The van der Waals surface area contributed by atoms with E-state index in [9.17, 15) is 18.9 Å². The molecule has 0 rings (SSSR count). The molecule has 9 heteroatoms. The van der Waals surface area contributed by atoms with Crippen molar-refractivity contribution < 1.29 is 47.8 Å². The predicted molar refractivity (Wildman–Crippen MR) is 27.2 cm³/mol. The Hall–Kier alpha value is 0.923. The van der Waals surface area contributed by atoms with Crippen molar-refractivity contribution in [2.24, 2.45) is 0 Å². The fraction of sp³-hybridized carbons (Fsp3) is 1.00. The number of rotatable bonds is 2. The minimum atomic E-state index is -3.51. The third kappa shape index (κ3) is 23.1. The summed E-state index contributed by atoms with van der Waals surface area (Å²) in [7, 11) is -6.03. The first-order valence-electron chi connectivity index (χ1n) is 1.67. The van der Waals surface area contributed by atoms with Gasteiger partial charge < -0.3 is 24.0 Å². The molecule has 0 aromatic carbocycles. The number of aliphatic hydroxyl groups excluding tert-OH is 1. The van der Waals surface area contributed by atoms with Gasteiger partial charge in [0.2, 0.25) is 0 Å². The average Bonchev–Trinajstić information content (AvgIpc) is 1.68. The molecule has 0 spiro atoms. The summed E-state index contributed by atoms with van der Waals surface area (Å²) in [4.78, 5) is 18.6. The van der Waals surface area contributed by atoms with Crippen LogP contribution in [0.1, 0.15) is 0 Å². The molecule has 6 nitrogen and oxygen atoms in total. The van der Waals surface area contributed by atoms with Crippen LogP contribution >= 0.6 is 16.5 Å². The Bertz CT molecular complexity index is 91.9. The van der Waals surface area contributed by atoms with Crippen molar-refractivity contribution >= 4 is 16.5 Å². The van der Waals surface area contributed by atoms with Gasteiger partial charge in [-0.2, -0.15) is 0 Å². The van der Waals surface area contributed by atoms with Gasteiger partial charge in [0.25, 0.3) is 0 Å². The van der Waals surface area contributed by atoms with Crippen LogP contribution in [0.5, 0.6) is 0 Å². The fourth-order valence-corrected chi connectivity index (χ4v) is 0.612. The third-order valence-electron chi connectivity index (χ3n) is 0.167. The van der Waals surface area contributed by atoms with Crippen molar-refractivity contribution in [1.29, 1.82) is 0 Å². The Labute approximate surface area is 71.9 Å². The minimum absolute atomic E-state index is 0. The van der Waals surface area contributed by atoms with E-state index in [1.165, 1.54) is 0 Å². The molecule has 2 unspecified atom stereocenters. The van der Waals surface area contributed by atoms with Crippen LogP contribution in [-0.2, 0) is 32.9 Å². The van der Waals surface area contributed by atoms with E-state index in [1.54, 1.807) is 0 Å². The van der Waals surface area contributed by atoms with Gasteiger partial charge in [0, 0.05) is 7.11 Å². The molecule has 0 fully saturated rings. The minimum Gasteiger partial charge on any atom is -0.781 e. The molecular formula is CH6O6P2Zn. The predicted octanol–water partition coefficient (Wildman–Crippen LogP) is -1.89. The molecule has 0 saturated heterocycles. The average molecular weight is 241 g/mol. The largest absolute Gasteiger partial charge is 2.00 e. The molecule has 58 valence electrons. The van der Waals surface area contributed by atoms with Crippen LogP contribution in [0.4, 0.5) is 0 Å². The van der Waals surface area contributed by atoms with Crippen LogP contribution in [0.3, 0.4) is 0 Å². The Morgan fingerprint density at radius 1 is 1.20 bits per heavy atom. The van der Waals surface area contributed by atoms with E-state index in [4.69, 9.17) is 5.11 Å². The molecule has 0 aromatic heterocycles. The van der Waals surface area contributed by atoms with Crippen molar-refractivity contribution in [2.75, 3.05) is 7.11 Å². The van der Waals surface area contributed by atoms with Crippen molar-refractivity contribution in [1.82, 2.24) is 0 Å². The zero-order valence-electron chi connectivity index (χ0n) is 5.20. The van der Waals surface area contributed by atoms with E-state index in [2.05, 4.69) is 4.31 Å². The van der Waals surface area contributed by atoms with Gasteiger partial charge >= 0.3 is 19.5 Å². The topological polar surface area (TPSA) is 110 Å². The van der Waals surface area contributed by atoms with Crippen LogP contribution in [0.25, 0.3) is 0 Å². The van der Waals surface area contributed by atoms with E-state index in [0.717, 1.165) is 7.11 Å². The van der Waals surface area contributed by atoms with Gasteiger partial charge in [-0.25, -0.2) is 0 Å². The molecule has 0 saturated carbocycles. The number of aliphatic hydroxyl groups is 1. The smallest absolute Gasteiger partial charge is 0.781 e. The third-order valence-corrected chi connectivity index (χ3v) is 1.50. The molecule has 0 aliphatic rings. The zero-order valence-corrected chi connectivity index (χ0v) is 10.2. The standard InChI is InChI=1S/CH4O.H4O5P2.Zn/c1-2;1-6(2)5-7(3)4;/h2H,1H3;6-7H,(H,1,2)(H,3,4);/q;;+2/p-2. The summed E-state index contributed by atoms with van der Waals surface area (Å²) >= 11 is 0. The Kier molecular flexibility index (Phi) is 21.6. The van der Waals surface area contributed by atoms with Gasteiger partial charge in [-0.05, 0) is 0 Å². The first kappa shape index (κ1) is 17.1. The second kappa shape index (κ2) is 12.6. The van der Waals surface area contributed by atoms with Crippen LogP contribution in [0.15, 0.2) is 0 Å². The van der Waals surface area contributed by atoms with E-state index >= 15 is 0 Å². The molecule has 0 aliphatic heterocycles. The van der Waals surface area contributed by atoms with Crippen LogP contribution in [-0.4, -0.2) is 12.2 Å². The summed E-state index contributed by atoms with van der Waals surface area (Å²) in [6.07, 6.45) is 0. The van der Waals surface area contributed by atoms with Gasteiger partial charge in [-0.1, -0.05) is 0 Å². The van der Waals surface area contributed by atoms with Gasteiger partial charge in [0.15, 0.2) is 0 Å². The maximum Gasteiger partial charge on any atom is 2.00 e. The Morgan fingerprint density at radius 3 is 1.40 bits per heavy atom. The summed E-state index contributed by atoms with van der Waals surface area (Å²) in [5, 5.41) is 7.00. The maximum absolute atomic E-state index is 9.29. The van der Waals surface area contributed by atoms with E-state index in [-0.39, 0.29) is 19.5 Å². The molecule has 10 heavy (non-hydrogen) atoms. The van der Waals surface area contributed by atoms with E-state index < -0.39 is 16.5 Å². The van der Waals surface area contributed by atoms with Gasteiger partial charge in [-0.15, -0.1) is 0 Å². The first-order valence-corrected chi connectivity index (χ1v) is 4.12. The molecule has 1 N–H and O–H groups in total. The zero-order chi connectivity index (χ0) is 7.86. The second-order valence-electron chi connectivity index (χ2n) is 0.602. The van der Waals surface area contributed by atoms with Crippen molar-refractivity contribution in [3.8, 4) is 0 Å². The summed E-state index contributed by atoms with van der Waals surface area (Å²) in [5.41, 5.74) is 0. The molecule has 0 radical (unpaired) electrons. The fourth-order valence-electron chi connectivity index (χ4n) is 0.0680. The first-order chi connectivity index (χ1) is 4.13. The summed E-state index contributed by atoms with van der Waals surface area (Å²) < 4.78 is 21.8. The molecular weight excluding hydrogens is 235 g/mol. The summed E-state index contributed by atoms with van der Waals surface area (Å²) in [5.74, 6) is 0. The van der Waals surface area contributed by atoms with Crippen molar-refractivity contribution in [3.63, 3.8) is 0 Å². The van der Waals surface area contributed by atoms with E-state index in [1.807, 2.05) is 0 Å². The summed E-state index contributed by atoms with van der Waals surface area (Å²) in [6.45, 7) is 0. The number of hydrogen-bond acceptors (Lipinski definition) is 6. The van der Waals surface area contributed by atoms with Gasteiger partial charge in [-0.3, -0.25) is 4.31 Å². The molecule has 0 amide bonds. The Balaban J connectivity index is -0.000000149. The Morgan fingerprint density at radius 2 is 1.40 bits per heavy atom. The quantitative estimate of drug-likeness (QED) is 0.447. The molecule has 0 heterocycles. The number of hydrogen-bond donors (Lipinski definition) is 1. The molecule has 0 aromatic rings. The van der Waals surface area contributed by atoms with Crippen molar-refractivity contribution in [3.05, 3.63) is 0 Å².